The van der Waals surface area contributed by atoms with Crippen LogP contribution in [0.25, 0.3) is 11.3 Å². The lowest BCUT2D eigenvalue weighted by molar-refractivity contribution is -0.116. The van der Waals surface area contributed by atoms with Crippen molar-refractivity contribution < 1.29 is 9.21 Å². The Bertz CT molecular complexity index is 653. The van der Waals surface area contributed by atoms with Crippen molar-refractivity contribution in [2.45, 2.75) is 26.7 Å². The van der Waals surface area contributed by atoms with E-state index in [2.05, 4.69) is 0 Å². The smallest absolute Gasteiger partial charge is 0.336 e. The summed E-state index contributed by atoms with van der Waals surface area (Å²) in [6.45, 7) is 3.55. The summed E-state index contributed by atoms with van der Waals surface area (Å²) in [5.74, 6) is 0.693. The monoisotopic (exact) mass is 256 g/mol. The quantitative estimate of drug-likeness (QED) is 0.844. The summed E-state index contributed by atoms with van der Waals surface area (Å²) in [5, 5.41) is 0. The number of carbonyl (C=O) groups excluding carboxylic acids is 1. The van der Waals surface area contributed by atoms with Gasteiger partial charge in [0.2, 0.25) is 0 Å². The summed E-state index contributed by atoms with van der Waals surface area (Å²) in [4.78, 5) is 22.5. The van der Waals surface area contributed by atoms with Gasteiger partial charge < -0.3 is 9.21 Å². The maximum absolute atomic E-state index is 11.4. The predicted molar refractivity (Wildman–Crippen MR) is 74.2 cm³/mol. The van der Waals surface area contributed by atoms with Gasteiger partial charge in [-0.05, 0) is 38.0 Å². The van der Waals surface area contributed by atoms with Crippen LogP contribution in [0, 0.1) is 6.92 Å². The van der Waals surface area contributed by atoms with Gasteiger partial charge in [-0.3, -0.25) is 0 Å². The van der Waals surface area contributed by atoms with Crippen molar-refractivity contribution in [3.05, 3.63) is 57.9 Å². The lowest BCUT2D eigenvalue weighted by Gasteiger charge is -2.07. The molecule has 0 aliphatic carbocycles. The van der Waals surface area contributed by atoms with E-state index in [9.17, 15) is 9.59 Å². The number of hydrogen-bond donors (Lipinski definition) is 0. The minimum atomic E-state index is -0.372. The second-order valence-corrected chi connectivity index (χ2v) is 4.68. The summed E-state index contributed by atoms with van der Waals surface area (Å²) in [5.41, 5.74) is 2.49. The van der Waals surface area contributed by atoms with Gasteiger partial charge in [0.15, 0.2) is 0 Å². The molecule has 0 N–H and O–H groups in total. The molecule has 0 amide bonds. The molecule has 1 heterocycles. The molecule has 0 bridgehead atoms. The molecule has 0 radical (unpaired) electrons. The first-order chi connectivity index (χ1) is 9.06. The Morgan fingerprint density at radius 3 is 2.68 bits per heavy atom. The van der Waals surface area contributed by atoms with Crippen LogP contribution in [0.3, 0.4) is 0 Å². The van der Waals surface area contributed by atoms with Crippen LogP contribution < -0.4 is 5.63 Å². The molecule has 3 nitrogen and oxygen atoms in total. The van der Waals surface area contributed by atoms with E-state index in [4.69, 9.17) is 4.42 Å². The summed E-state index contributed by atoms with van der Waals surface area (Å²) in [6, 6.07) is 10.9. The Morgan fingerprint density at radius 2 is 2.00 bits per heavy atom. The zero-order chi connectivity index (χ0) is 13.8. The number of carbonyl (C=O) groups is 1. The second-order valence-electron chi connectivity index (χ2n) is 4.68. The molecule has 0 aliphatic heterocycles. The molecule has 98 valence electrons. The number of aryl methyl sites for hydroxylation is 2. The van der Waals surface area contributed by atoms with Gasteiger partial charge >= 0.3 is 5.63 Å². The fourth-order valence-corrected chi connectivity index (χ4v) is 1.98. The lowest BCUT2D eigenvalue weighted by Crippen LogP contribution is -2.02. The Labute approximate surface area is 111 Å². The third-order valence-electron chi connectivity index (χ3n) is 2.94. The van der Waals surface area contributed by atoms with E-state index in [1.54, 1.807) is 13.0 Å². The highest BCUT2D eigenvalue weighted by Crippen LogP contribution is 2.24. The second kappa shape index (κ2) is 5.65. The average molecular weight is 256 g/mol. The molecule has 1 aromatic carbocycles. The Kier molecular flexibility index (Phi) is 3.95. The van der Waals surface area contributed by atoms with E-state index in [0.29, 0.717) is 18.6 Å². The maximum atomic E-state index is 11.4. The predicted octanol–water partition coefficient (Wildman–Crippen LogP) is 3.14. The molecule has 0 saturated carbocycles. The van der Waals surface area contributed by atoms with Gasteiger partial charge in [0.05, 0.1) is 0 Å². The lowest BCUT2D eigenvalue weighted by atomic mass is 10.0. The van der Waals surface area contributed by atoms with E-state index < -0.39 is 0 Å². The number of Topliss-reactive ketones (excluding diaryl/α,β-unsaturated/α-hetero) is 1. The molecule has 3 heteroatoms. The highest BCUT2D eigenvalue weighted by molar-refractivity contribution is 5.76. The molecule has 19 heavy (non-hydrogen) atoms. The van der Waals surface area contributed by atoms with Gasteiger partial charge in [-0.2, -0.15) is 0 Å². The van der Waals surface area contributed by atoms with Crippen molar-refractivity contribution in [1.29, 1.82) is 0 Å². The van der Waals surface area contributed by atoms with Crippen molar-refractivity contribution in [2.75, 3.05) is 0 Å². The van der Waals surface area contributed by atoms with Crippen LogP contribution in [0.1, 0.15) is 24.5 Å². The third-order valence-corrected chi connectivity index (χ3v) is 2.94. The third kappa shape index (κ3) is 3.41. The molecule has 0 fully saturated rings. The number of benzene rings is 1. The van der Waals surface area contributed by atoms with Gasteiger partial charge in [-0.15, -0.1) is 0 Å². The largest absolute Gasteiger partial charge is 0.422 e. The van der Waals surface area contributed by atoms with E-state index in [0.717, 1.165) is 16.7 Å². The molecule has 0 unspecified atom stereocenters. The zero-order valence-electron chi connectivity index (χ0n) is 11.1. The maximum Gasteiger partial charge on any atom is 0.336 e. The number of rotatable bonds is 4. The van der Waals surface area contributed by atoms with Crippen LogP contribution in [0.4, 0.5) is 0 Å². The van der Waals surface area contributed by atoms with Gasteiger partial charge in [0.25, 0.3) is 0 Å². The number of hydrogen-bond acceptors (Lipinski definition) is 3. The van der Waals surface area contributed by atoms with Crippen LogP contribution in [-0.2, 0) is 11.2 Å². The first-order valence-electron chi connectivity index (χ1n) is 6.26. The molecule has 2 aromatic rings. The van der Waals surface area contributed by atoms with Gasteiger partial charge in [0.1, 0.15) is 11.5 Å². The average Bonchev–Trinajstić information content (AvgIpc) is 2.37. The fraction of sp³-hybridized carbons (Fsp3) is 0.250. The molecule has 0 atom stereocenters. The molecule has 0 saturated heterocycles. The van der Waals surface area contributed by atoms with Crippen LogP contribution in [0.5, 0.6) is 0 Å². The molecular formula is C16H16O3. The van der Waals surface area contributed by atoms with E-state index in [1.807, 2.05) is 31.2 Å². The Balaban J connectivity index is 2.45. The van der Waals surface area contributed by atoms with E-state index in [-0.39, 0.29) is 11.4 Å². The van der Waals surface area contributed by atoms with Crippen molar-refractivity contribution >= 4 is 5.78 Å². The highest BCUT2D eigenvalue weighted by Gasteiger charge is 2.10. The normalized spacial score (nSPS) is 10.4. The summed E-state index contributed by atoms with van der Waals surface area (Å²) < 4.78 is 5.31. The standard InChI is InChI=1S/C16H16O3/c1-11-4-3-5-14(10-11)16-13(7-6-12(2)17)8-9-15(18)19-16/h3-5,8-10H,6-7H2,1-2H3. The first kappa shape index (κ1) is 13.3. The minimum absolute atomic E-state index is 0.126. The van der Waals surface area contributed by atoms with E-state index >= 15 is 0 Å². The van der Waals surface area contributed by atoms with Gasteiger partial charge in [-0.25, -0.2) is 4.79 Å². The molecular weight excluding hydrogens is 240 g/mol. The molecule has 1 aromatic heterocycles. The SMILES string of the molecule is CC(=O)CCc1ccc(=O)oc1-c1cccc(C)c1. The summed E-state index contributed by atoms with van der Waals surface area (Å²) >= 11 is 0. The number of ketones is 1. The Hall–Kier alpha value is -2.16. The Morgan fingerprint density at radius 1 is 1.21 bits per heavy atom. The first-order valence-corrected chi connectivity index (χ1v) is 6.26. The molecule has 0 aliphatic rings. The topological polar surface area (TPSA) is 47.3 Å². The van der Waals surface area contributed by atoms with Crippen LogP contribution in [0.15, 0.2) is 45.6 Å². The van der Waals surface area contributed by atoms with Gasteiger partial charge in [-0.1, -0.05) is 23.8 Å². The fourth-order valence-electron chi connectivity index (χ4n) is 1.98. The van der Waals surface area contributed by atoms with Crippen molar-refractivity contribution in [3.8, 4) is 11.3 Å². The van der Waals surface area contributed by atoms with Crippen LogP contribution >= 0.6 is 0 Å². The zero-order valence-corrected chi connectivity index (χ0v) is 11.1. The van der Waals surface area contributed by atoms with Gasteiger partial charge in [0, 0.05) is 18.1 Å². The highest BCUT2D eigenvalue weighted by atomic mass is 16.4. The van der Waals surface area contributed by atoms with E-state index in [1.165, 1.54) is 6.07 Å². The van der Waals surface area contributed by atoms with Crippen molar-refractivity contribution in [3.63, 3.8) is 0 Å². The summed E-state index contributed by atoms with van der Waals surface area (Å²) in [7, 11) is 0. The van der Waals surface area contributed by atoms with Crippen molar-refractivity contribution in [2.24, 2.45) is 0 Å². The van der Waals surface area contributed by atoms with Crippen LogP contribution in [0.2, 0.25) is 0 Å². The van der Waals surface area contributed by atoms with Crippen molar-refractivity contribution in [1.82, 2.24) is 0 Å². The summed E-state index contributed by atoms with van der Waals surface area (Å²) in [6.07, 6.45) is 1.04. The van der Waals surface area contributed by atoms with Crippen LogP contribution in [-0.4, -0.2) is 5.78 Å². The molecule has 2 rings (SSSR count). The minimum Gasteiger partial charge on any atom is -0.422 e. The molecule has 0 spiro atoms.